The summed E-state index contributed by atoms with van der Waals surface area (Å²) in [6.07, 6.45) is 8.06. The van der Waals surface area contributed by atoms with Crippen LogP contribution in [0.3, 0.4) is 0 Å². The fraction of sp³-hybridized carbons (Fsp3) is 0.250. The zero-order valence-electron chi connectivity index (χ0n) is 17.6. The summed E-state index contributed by atoms with van der Waals surface area (Å²) in [5.41, 5.74) is 4.28. The van der Waals surface area contributed by atoms with Crippen LogP contribution in [-0.4, -0.2) is 54.5 Å². The molecule has 0 aliphatic carbocycles. The van der Waals surface area contributed by atoms with Crippen LogP contribution in [0.4, 0.5) is 0 Å². The molecule has 164 valence electrons. The van der Waals surface area contributed by atoms with E-state index in [0.717, 1.165) is 34.5 Å². The van der Waals surface area contributed by atoms with E-state index in [2.05, 4.69) is 15.0 Å². The minimum atomic E-state index is -2.03. The molecule has 1 unspecified atom stereocenters. The van der Waals surface area contributed by atoms with E-state index < -0.39 is 11.1 Å². The van der Waals surface area contributed by atoms with Crippen LogP contribution in [0.15, 0.2) is 72.0 Å². The topological polar surface area (TPSA) is 80.0 Å². The Morgan fingerprint density at radius 2 is 1.81 bits per heavy atom. The first-order valence-corrected chi connectivity index (χ1v) is 11.8. The van der Waals surface area contributed by atoms with E-state index in [4.69, 9.17) is 4.74 Å². The van der Waals surface area contributed by atoms with Gasteiger partial charge >= 0.3 is 0 Å². The van der Waals surface area contributed by atoms with E-state index in [-0.39, 0.29) is 0 Å². The Hall–Kier alpha value is -3.07. The number of fused-ring (bicyclic) bond motifs is 1. The Bertz CT molecular complexity index is 1250. The Balaban J connectivity index is 1.32. The fourth-order valence-electron chi connectivity index (χ4n) is 4.04. The quantitative estimate of drug-likeness (QED) is 0.429. The van der Waals surface area contributed by atoms with Crippen molar-refractivity contribution in [2.24, 2.45) is 0 Å². The van der Waals surface area contributed by atoms with Gasteiger partial charge in [-0.1, -0.05) is 24.3 Å². The predicted molar refractivity (Wildman–Crippen MR) is 124 cm³/mol. The summed E-state index contributed by atoms with van der Waals surface area (Å²) in [7, 11) is 0. The Kier molecular flexibility index (Phi) is 5.98. The van der Waals surface area contributed by atoms with Gasteiger partial charge in [-0.25, -0.2) is 13.7 Å². The van der Waals surface area contributed by atoms with Gasteiger partial charge in [0.2, 0.25) is 0 Å². The molecule has 1 fully saturated rings. The van der Waals surface area contributed by atoms with Crippen LogP contribution in [0.1, 0.15) is 12.8 Å². The monoisotopic (exact) mass is 448 g/mol. The van der Waals surface area contributed by atoms with Crippen LogP contribution in [0.25, 0.3) is 27.9 Å². The summed E-state index contributed by atoms with van der Waals surface area (Å²) in [5.74, 6) is 0.865. The molecule has 3 heterocycles. The second kappa shape index (κ2) is 9.20. The molecule has 2 aromatic heterocycles. The average Bonchev–Trinajstić information content (AvgIpc) is 3.49. The van der Waals surface area contributed by atoms with Crippen LogP contribution >= 0.6 is 0 Å². The van der Waals surface area contributed by atoms with Crippen LogP contribution in [-0.2, 0) is 11.1 Å². The van der Waals surface area contributed by atoms with Crippen LogP contribution in [0.5, 0.6) is 5.75 Å². The highest BCUT2D eigenvalue weighted by molar-refractivity contribution is 7.79. The number of likely N-dealkylation sites (tertiary alicyclic amines) is 1. The zero-order valence-corrected chi connectivity index (χ0v) is 18.4. The summed E-state index contributed by atoms with van der Waals surface area (Å²) in [4.78, 5) is 7.40. The summed E-state index contributed by atoms with van der Waals surface area (Å²) < 4.78 is 28.4. The van der Waals surface area contributed by atoms with Gasteiger partial charge < -0.3 is 9.29 Å². The minimum absolute atomic E-state index is 0.348. The molecule has 32 heavy (non-hydrogen) atoms. The van der Waals surface area contributed by atoms with Gasteiger partial charge in [0.1, 0.15) is 12.4 Å². The molecule has 0 spiro atoms. The number of nitrogens with zero attached hydrogens (tertiary/aromatic N) is 4. The maximum absolute atomic E-state index is 11.4. The summed E-state index contributed by atoms with van der Waals surface area (Å²) in [6, 6.07) is 15.0. The zero-order chi connectivity index (χ0) is 21.9. The van der Waals surface area contributed by atoms with Crippen LogP contribution in [0.2, 0.25) is 0 Å². The molecule has 1 aliphatic rings. The molecule has 0 radical (unpaired) electrons. The largest absolute Gasteiger partial charge is 0.492 e. The third-order valence-electron chi connectivity index (χ3n) is 5.77. The van der Waals surface area contributed by atoms with Gasteiger partial charge in [-0.15, -0.1) is 0 Å². The standard InChI is InChI=1S/C24H24N4O3S/c29-32(30)22-5-3-4-19(14-22)23-16-26-28-17-20(15-25-24(23)28)18-6-8-21(9-7-18)31-13-12-27-10-1-2-11-27/h3-9,14-17H,1-2,10-13H2,(H,29,30). The third-order valence-corrected chi connectivity index (χ3v) is 6.42. The van der Waals surface area contributed by atoms with E-state index in [9.17, 15) is 8.76 Å². The number of benzene rings is 2. The van der Waals surface area contributed by atoms with E-state index >= 15 is 0 Å². The van der Waals surface area contributed by atoms with Crippen LogP contribution < -0.4 is 4.74 Å². The molecule has 1 saturated heterocycles. The third kappa shape index (κ3) is 4.43. The molecule has 1 N–H and O–H groups in total. The Morgan fingerprint density at radius 1 is 1.00 bits per heavy atom. The molecule has 1 aliphatic heterocycles. The molecule has 0 amide bonds. The number of hydrogen-bond acceptors (Lipinski definition) is 5. The first-order chi connectivity index (χ1) is 15.7. The lowest BCUT2D eigenvalue weighted by Crippen LogP contribution is -2.25. The van der Waals surface area contributed by atoms with Crippen molar-refractivity contribution in [2.75, 3.05) is 26.2 Å². The summed E-state index contributed by atoms with van der Waals surface area (Å²) in [5, 5.41) is 4.44. The second-order valence-corrected chi connectivity index (χ2v) is 8.84. The van der Waals surface area contributed by atoms with Gasteiger partial charge in [0, 0.05) is 30.1 Å². The highest BCUT2D eigenvalue weighted by atomic mass is 32.2. The molecule has 0 saturated carbocycles. The fourth-order valence-corrected chi connectivity index (χ4v) is 4.46. The molecular weight excluding hydrogens is 424 g/mol. The van der Waals surface area contributed by atoms with Gasteiger partial charge in [-0.2, -0.15) is 5.10 Å². The van der Waals surface area contributed by atoms with Crippen molar-refractivity contribution in [3.8, 4) is 28.0 Å². The molecule has 8 heteroatoms. The lowest BCUT2D eigenvalue weighted by molar-refractivity contribution is 0.238. The number of hydrogen-bond donors (Lipinski definition) is 1. The lowest BCUT2D eigenvalue weighted by atomic mass is 10.1. The average molecular weight is 449 g/mol. The minimum Gasteiger partial charge on any atom is -0.492 e. The van der Waals surface area contributed by atoms with Gasteiger partial charge in [-0.3, -0.25) is 4.90 Å². The molecule has 0 bridgehead atoms. The van der Waals surface area contributed by atoms with Crippen molar-refractivity contribution in [3.63, 3.8) is 0 Å². The van der Waals surface area contributed by atoms with Crippen molar-refractivity contribution in [2.45, 2.75) is 17.7 Å². The van der Waals surface area contributed by atoms with Crippen molar-refractivity contribution < 1.29 is 13.5 Å². The SMILES string of the molecule is O=S(O)c1cccc(-c2cnn3cc(-c4ccc(OCCN5CCCC5)cc4)cnc23)c1. The van der Waals surface area contributed by atoms with Crippen molar-refractivity contribution in [1.29, 1.82) is 0 Å². The smallest absolute Gasteiger partial charge is 0.186 e. The normalized spacial score (nSPS) is 15.3. The van der Waals surface area contributed by atoms with Crippen molar-refractivity contribution in [3.05, 3.63) is 67.1 Å². The molecule has 2 aromatic carbocycles. The molecule has 4 aromatic rings. The maximum atomic E-state index is 11.4. The first kappa shape index (κ1) is 20.8. The second-order valence-electron chi connectivity index (χ2n) is 7.87. The molecular formula is C24H24N4O3S. The van der Waals surface area contributed by atoms with Gasteiger partial charge in [0.15, 0.2) is 16.7 Å². The van der Waals surface area contributed by atoms with E-state index in [1.54, 1.807) is 28.9 Å². The highest BCUT2D eigenvalue weighted by Gasteiger charge is 2.12. The number of ether oxygens (including phenoxy) is 1. The van der Waals surface area contributed by atoms with Gasteiger partial charge in [0.25, 0.3) is 0 Å². The molecule has 1 atom stereocenters. The van der Waals surface area contributed by atoms with Gasteiger partial charge in [-0.05, 0) is 61.3 Å². The number of aromatic nitrogens is 3. The van der Waals surface area contributed by atoms with Crippen LogP contribution in [0, 0.1) is 0 Å². The van der Waals surface area contributed by atoms with Crippen molar-refractivity contribution >= 4 is 16.7 Å². The highest BCUT2D eigenvalue weighted by Crippen LogP contribution is 2.27. The van der Waals surface area contributed by atoms with E-state index in [1.807, 2.05) is 42.7 Å². The summed E-state index contributed by atoms with van der Waals surface area (Å²) >= 11 is -2.03. The maximum Gasteiger partial charge on any atom is 0.186 e. The molecule has 7 nitrogen and oxygen atoms in total. The summed E-state index contributed by atoms with van der Waals surface area (Å²) in [6.45, 7) is 4.04. The lowest BCUT2D eigenvalue weighted by Gasteiger charge is -2.15. The predicted octanol–water partition coefficient (Wildman–Crippen LogP) is 4.12. The molecule has 5 rings (SSSR count). The van der Waals surface area contributed by atoms with E-state index in [0.29, 0.717) is 17.1 Å². The Morgan fingerprint density at radius 3 is 2.59 bits per heavy atom. The number of rotatable bonds is 7. The Labute approximate surface area is 189 Å². The first-order valence-electron chi connectivity index (χ1n) is 10.7. The van der Waals surface area contributed by atoms with Gasteiger partial charge in [0.05, 0.1) is 11.1 Å². The van der Waals surface area contributed by atoms with Crippen molar-refractivity contribution in [1.82, 2.24) is 19.5 Å². The van der Waals surface area contributed by atoms with E-state index in [1.165, 1.54) is 25.9 Å².